The zero-order chi connectivity index (χ0) is 23.2. The molecule has 0 N–H and O–H groups in total. The summed E-state index contributed by atoms with van der Waals surface area (Å²) in [4.78, 5) is 16.3. The van der Waals surface area contributed by atoms with Gasteiger partial charge in [0.1, 0.15) is 5.69 Å². The van der Waals surface area contributed by atoms with E-state index in [0.717, 1.165) is 54.1 Å². The van der Waals surface area contributed by atoms with E-state index in [-0.39, 0.29) is 10.8 Å². The molecule has 170 valence electrons. The lowest BCUT2D eigenvalue weighted by molar-refractivity contribution is 0.0958. The number of carbonyl (C=O) groups is 1. The van der Waals surface area contributed by atoms with Crippen molar-refractivity contribution in [3.8, 4) is 11.3 Å². The van der Waals surface area contributed by atoms with Crippen LogP contribution in [-0.2, 0) is 16.3 Å². The maximum Gasteiger partial charge on any atom is 0.279 e. The highest BCUT2D eigenvalue weighted by molar-refractivity contribution is 7.90. The molecular weight excluding hydrogens is 434 g/mol. The molecule has 6 nitrogen and oxygen atoms in total. The first-order chi connectivity index (χ1) is 15.8. The van der Waals surface area contributed by atoms with Crippen LogP contribution < -0.4 is 4.90 Å². The lowest BCUT2D eigenvalue weighted by atomic mass is 9.93. The Morgan fingerprint density at radius 2 is 1.55 bits per heavy atom. The summed E-state index contributed by atoms with van der Waals surface area (Å²) < 4.78 is 25.2. The number of rotatable bonds is 4. The average molecular weight is 462 g/mol. The molecule has 0 atom stereocenters. The highest BCUT2D eigenvalue weighted by Gasteiger charge is 2.33. The minimum atomic E-state index is -3.30. The van der Waals surface area contributed by atoms with Crippen LogP contribution in [0, 0.1) is 0 Å². The SMILES string of the molecule is CC1=C(c2ccc(S(C)(=O)=O)cc2)C(=O)n2nc(-c3ccccc3)c(N3CCCCC3)c2C1. The third-order valence-electron chi connectivity index (χ3n) is 6.51. The van der Waals surface area contributed by atoms with Crippen LogP contribution in [0.1, 0.15) is 42.2 Å². The minimum absolute atomic E-state index is 0.165. The first-order valence-corrected chi connectivity index (χ1v) is 13.2. The summed E-state index contributed by atoms with van der Waals surface area (Å²) in [6, 6.07) is 16.6. The van der Waals surface area contributed by atoms with E-state index in [4.69, 9.17) is 5.10 Å². The van der Waals surface area contributed by atoms with Crippen LogP contribution in [0.15, 0.2) is 65.1 Å². The van der Waals surface area contributed by atoms with Crippen LogP contribution in [0.3, 0.4) is 0 Å². The largest absolute Gasteiger partial charge is 0.368 e. The number of carbonyl (C=O) groups excluding carboxylic acids is 1. The molecule has 1 saturated heterocycles. The lowest BCUT2D eigenvalue weighted by Crippen LogP contribution is -2.31. The number of allylic oxidation sites excluding steroid dienone is 2. The predicted molar refractivity (Wildman–Crippen MR) is 130 cm³/mol. The zero-order valence-electron chi connectivity index (χ0n) is 18.9. The van der Waals surface area contributed by atoms with Crippen molar-refractivity contribution in [3.63, 3.8) is 0 Å². The topological polar surface area (TPSA) is 72.3 Å². The quantitative estimate of drug-likeness (QED) is 0.567. The van der Waals surface area contributed by atoms with Crippen LogP contribution in [0.5, 0.6) is 0 Å². The van der Waals surface area contributed by atoms with Crippen molar-refractivity contribution in [1.29, 1.82) is 0 Å². The maximum atomic E-state index is 13.7. The fraction of sp³-hybridized carbons (Fsp3) is 0.308. The molecule has 3 aromatic rings. The normalized spacial score (nSPS) is 16.8. The summed E-state index contributed by atoms with van der Waals surface area (Å²) in [5, 5.41) is 4.84. The van der Waals surface area contributed by atoms with Gasteiger partial charge in [-0.1, -0.05) is 48.0 Å². The van der Waals surface area contributed by atoms with Crippen molar-refractivity contribution in [2.24, 2.45) is 0 Å². The number of piperidine rings is 1. The van der Waals surface area contributed by atoms with Crippen molar-refractivity contribution in [1.82, 2.24) is 9.78 Å². The maximum absolute atomic E-state index is 13.7. The standard InChI is InChI=1S/C26H27N3O3S/c1-18-17-22-25(28-15-7-4-8-16-28)24(20-9-5-3-6-10-20)27-29(22)26(30)23(18)19-11-13-21(14-12-19)33(2,31)32/h3,5-6,9-14H,4,7-8,15-17H2,1-2H3. The van der Waals surface area contributed by atoms with E-state index in [1.165, 1.54) is 12.7 Å². The fourth-order valence-electron chi connectivity index (χ4n) is 4.88. The van der Waals surface area contributed by atoms with E-state index in [1.54, 1.807) is 28.9 Å². The van der Waals surface area contributed by atoms with Gasteiger partial charge in [0, 0.05) is 36.9 Å². The van der Waals surface area contributed by atoms with E-state index in [9.17, 15) is 13.2 Å². The Bertz CT molecular complexity index is 1350. The van der Waals surface area contributed by atoms with Gasteiger partial charge in [-0.3, -0.25) is 4.79 Å². The zero-order valence-corrected chi connectivity index (χ0v) is 19.7. The number of anilines is 1. The highest BCUT2D eigenvalue weighted by atomic mass is 32.2. The number of fused-ring (bicyclic) bond motifs is 1. The van der Waals surface area contributed by atoms with Gasteiger partial charge < -0.3 is 4.90 Å². The Hall–Kier alpha value is -3.19. The van der Waals surface area contributed by atoms with Gasteiger partial charge in [0.05, 0.1) is 16.3 Å². The van der Waals surface area contributed by atoms with Crippen molar-refractivity contribution in [3.05, 3.63) is 71.4 Å². The number of hydrogen-bond acceptors (Lipinski definition) is 5. The van der Waals surface area contributed by atoms with Crippen LogP contribution in [0.2, 0.25) is 0 Å². The Balaban J connectivity index is 1.61. The van der Waals surface area contributed by atoms with E-state index < -0.39 is 9.84 Å². The Kier molecular flexibility index (Phi) is 5.44. The van der Waals surface area contributed by atoms with Gasteiger partial charge in [-0.15, -0.1) is 0 Å². The van der Waals surface area contributed by atoms with Crippen LogP contribution >= 0.6 is 0 Å². The molecule has 0 saturated carbocycles. The van der Waals surface area contributed by atoms with Gasteiger partial charge in [0.25, 0.3) is 5.91 Å². The second kappa shape index (κ2) is 8.30. The molecule has 2 aliphatic rings. The monoisotopic (exact) mass is 461 g/mol. The van der Waals surface area contributed by atoms with Gasteiger partial charge in [-0.25, -0.2) is 8.42 Å². The van der Waals surface area contributed by atoms with Crippen molar-refractivity contribution in [2.45, 2.75) is 37.5 Å². The first kappa shape index (κ1) is 21.6. The Labute approximate surface area is 194 Å². The van der Waals surface area contributed by atoms with Crippen LogP contribution in [0.4, 0.5) is 5.69 Å². The van der Waals surface area contributed by atoms with Crippen molar-refractivity contribution < 1.29 is 13.2 Å². The van der Waals surface area contributed by atoms with Crippen LogP contribution in [-0.4, -0.2) is 43.5 Å². The number of hydrogen-bond donors (Lipinski definition) is 0. The van der Waals surface area contributed by atoms with Crippen molar-refractivity contribution >= 4 is 27.0 Å². The fourth-order valence-corrected chi connectivity index (χ4v) is 5.51. The predicted octanol–water partition coefficient (Wildman–Crippen LogP) is 4.61. The molecule has 5 rings (SSSR count). The third-order valence-corrected chi connectivity index (χ3v) is 7.64. The molecule has 3 heterocycles. The lowest BCUT2D eigenvalue weighted by Gasteiger charge is -2.30. The van der Waals surface area contributed by atoms with E-state index in [1.807, 2.05) is 37.3 Å². The van der Waals surface area contributed by atoms with Crippen LogP contribution in [0.25, 0.3) is 16.8 Å². The molecule has 0 bridgehead atoms. The van der Waals surface area contributed by atoms with Crippen molar-refractivity contribution in [2.75, 3.05) is 24.2 Å². The third kappa shape index (κ3) is 3.91. The summed E-state index contributed by atoms with van der Waals surface area (Å²) in [7, 11) is -3.30. The molecule has 0 radical (unpaired) electrons. The summed E-state index contributed by atoms with van der Waals surface area (Å²) in [6.07, 6.45) is 5.31. The van der Waals surface area contributed by atoms with E-state index in [0.29, 0.717) is 17.6 Å². The summed E-state index contributed by atoms with van der Waals surface area (Å²) in [5.74, 6) is -0.165. The Morgan fingerprint density at radius 1 is 0.879 bits per heavy atom. The molecule has 33 heavy (non-hydrogen) atoms. The van der Waals surface area contributed by atoms with Gasteiger partial charge in [0.2, 0.25) is 0 Å². The van der Waals surface area contributed by atoms with E-state index in [2.05, 4.69) is 4.90 Å². The average Bonchev–Trinajstić information content (AvgIpc) is 3.19. The molecule has 2 aromatic carbocycles. The molecule has 1 aromatic heterocycles. The molecule has 0 aliphatic carbocycles. The molecule has 7 heteroatoms. The highest BCUT2D eigenvalue weighted by Crippen LogP contribution is 2.40. The summed E-state index contributed by atoms with van der Waals surface area (Å²) in [5.41, 5.74) is 6.14. The molecule has 2 aliphatic heterocycles. The van der Waals surface area contributed by atoms with E-state index >= 15 is 0 Å². The molecular formula is C26H27N3O3S. The minimum Gasteiger partial charge on any atom is -0.368 e. The second-order valence-electron chi connectivity index (χ2n) is 8.90. The smallest absolute Gasteiger partial charge is 0.279 e. The van der Waals surface area contributed by atoms with Gasteiger partial charge in [-0.05, 0) is 43.9 Å². The van der Waals surface area contributed by atoms with Gasteiger partial charge in [-0.2, -0.15) is 9.78 Å². The number of nitrogens with zero attached hydrogens (tertiary/aromatic N) is 3. The number of aromatic nitrogens is 2. The molecule has 1 fully saturated rings. The molecule has 0 spiro atoms. The second-order valence-corrected chi connectivity index (χ2v) is 10.9. The molecule has 0 amide bonds. The molecule has 0 unspecified atom stereocenters. The summed E-state index contributed by atoms with van der Waals surface area (Å²) >= 11 is 0. The summed E-state index contributed by atoms with van der Waals surface area (Å²) in [6.45, 7) is 3.92. The van der Waals surface area contributed by atoms with Gasteiger partial charge in [0.15, 0.2) is 9.84 Å². The number of sulfone groups is 1. The first-order valence-electron chi connectivity index (χ1n) is 11.3. The number of benzene rings is 2. The van der Waals surface area contributed by atoms with Gasteiger partial charge >= 0.3 is 0 Å². The Morgan fingerprint density at radius 3 is 2.18 bits per heavy atom.